The van der Waals surface area contributed by atoms with Crippen LogP contribution in [0.5, 0.6) is 0 Å². The summed E-state index contributed by atoms with van der Waals surface area (Å²) >= 11 is 4.24. The Hall–Kier alpha value is -1.27. The molecule has 17 heavy (non-hydrogen) atoms. The highest BCUT2D eigenvalue weighted by molar-refractivity contribution is 9.10. The van der Waals surface area contributed by atoms with Crippen molar-refractivity contribution in [3.63, 3.8) is 0 Å². The zero-order valence-electron chi connectivity index (χ0n) is 8.74. The lowest BCUT2D eigenvalue weighted by Gasteiger charge is -1.98. The fraction of sp³-hybridized carbons (Fsp3) is 0.0909. The molecule has 88 valence electrons. The second-order valence-electron chi connectivity index (χ2n) is 3.15. The molecule has 0 fully saturated rings. The van der Waals surface area contributed by atoms with Gasteiger partial charge in [-0.15, -0.1) is 11.3 Å². The number of carbonyl (C=O) groups excluding carboxylic acids is 1. The van der Waals surface area contributed by atoms with Crippen LogP contribution in [0, 0.1) is 5.82 Å². The van der Waals surface area contributed by atoms with E-state index >= 15 is 0 Å². The maximum absolute atomic E-state index is 13.3. The number of hydrogen-bond acceptors (Lipinski definition) is 4. The minimum atomic E-state index is -0.439. The predicted octanol–water partition coefficient (Wildman–Crippen LogP) is 3.50. The van der Waals surface area contributed by atoms with E-state index in [9.17, 15) is 9.18 Å². The quantitative estimate of drug-likeness (QED) is 0.796. The Morgan fingerprint density at radius 1 is 1.53 bits per heavy atom. The van der Waals surface area contributed by atoms with Crippen molar-refractivity contribution in [1.29, 1.82) is 0 Å². The smallest absolute Gasteiger partial charge is 0.349 e. The summed E-state index contributed by atoms with van der Waals surface area (Å²) in [4.78, 5) is 15.7. The topological polar surface area (TPSA) is 39.2 Å². The van der Waals surface area contributed by atoms with Crippen LogP contribution in [0.2, 0.25) is 0 Å². The highest BCUT2D eigenvalue weighted by atomic mass is 79.9. The first-order valence-corrected chi connectivity index (χ1v) is 6.22. The molecule has 2 rings (SSSR count). The molecule has 0 aliphatic heterocycles. The van der Waals surface area contributed by atoms with Crippen molar-refractivity contribution >= 4 is 33.2 Å². The van der Waals surface area contributed by atoms with E-state index in [-0.39, 0.29) is 5.82 Å². The van der Waals surface area contributed by atoms with Gasteiger partial charge in [0.15, 0.2) is 0 Å². The summed E-state index contributed by atoms with van der Waals surface area (Å²) in [6.45, 7) is 0. The van der Waals surface area contributed by atoms with Crippen LogP contribution in [0.25, 0.3) is 10.6 Å². The minimum absolute atomic E-state index is 0.364. The first-order chi connectivity index (χ1) is 8.11. The van der Waals surface area contributed by atoms with Crippen LogP contribution < -0.4 is 0 Å². The van der Waals surface area contributed by atoms with E-state index in [4.69, 9.17) is 0 Å². The lowest BCUT2D eigenvalue weighted by atomic mass is 10.2. The molecule has 0 aliphatic rings. The minimum Gasteiger partial charge on any atom is -0.465 e. The molecule has 3 nitrogen and oxygen atoms in total. The van der Waals surface area contributed by atoms with Crippen LogP contribution in [-0.2, 0) is 4.74 Å². The van der Waals surface area contributed by atoms with E-state index in [2.05, 4.69) is 25.7 Å². The number of esters is 1. The van der Waals surface area contributed by atoms with Crippen molar-refractivity contribution in [2.45, 2.75) is 0 Å². The number of methoxy groups -OCH3 is 1. The first-order valence-electron chi connectivity index (χ1n) is 4.61. The molecule has 0 saturated carbocycles. The number of hydrogen-bond donors (Lipinski definition) is 0. The van der Waals surface area contributed by atoms with Crippen LogP contribution in [-0.4, -0.2) is 18.1 Å². The summed E-state index contributed by atoms with van der Waals surface area (Å²) in [5, 5.41) is 0.580. The van der Waals surface area contributed by atoms with Crippen molar-refractivity contribution in [3.05, 3.63) is 39.6 Å². The predicted molar refractivity (Wildman–Crippen MR) is 66.5 cm³/mol. The van der Waals surface area contributed by atoms with Crippen molar-refractivity contribution in [2.75, 3.05) is 7.11 Å². The van der Waals surface area contributed by atoms with Crippen molar-refractivity contribution in [1.82, 2.24) is 4.98 Å². The SMILES string of the molecule is COC(=O)c1cnc(-c2ccc(Br)c(F)c2)s1. The Balaban J connectivity index is 2.37. The van der Waals surface area contributed by atoms with Gasteiger partial charge in [-0.05, 0) is 28.1 Å². The van der Waals surface area contributed by atoms with Crippen LogP contribution in [0.3, 0.4) is 0 Å². The van der Waals surface area contributed by atoms with Crippen molar-refractivity contribution in [2.24, 2.45) is 0 Å². The van der Waals surface area contributed by atoms with Gasteiger partial charge in [0.25, 0.3) is 0 Å². The van der Waals surface area contributed by atoms with Gasteiger partial charge in [0, 0.05) is 5.56 Å². The Kier molecular flexibility index (Phi) is 3.54. The zero-order valence-corrected chi connectivity index (χ0v) is 11.1. The summed E-state index contributed by atoms with van der Waals surface area (Å²) in [7, 11) is 1.31. The number of aromatic nitrogens is 1. The third kappa shape index (κ3) is 2.53. The molecule has 0 N–H and O–H groups in total. The van der Waals surface area contributed by atoms with E-state index in [0.29, 0.717) is 19.9 Å². The van der Waals surface area contributed by atoms with Crippen LogP contribution in [0.4, 0.5) is 4.39 Å². The number of benzene rings is 1. The summed E-state index contributed by atoms with van der Waals surface area (Å²) < 4.78 is 18.3. The van der Waals surface area contributed by atoms with E-state index in [1.54, 1.807) is 12.1 Å². The highest BCUT2D eigenvalue weighted by Crippen LogP contribution is 2.28. The Morgan fingerprint density at radius 2 is 2.29 bits per heavy atom. The fourth-order valence-corrected chi connectivity index (χ4v) is 2.31. The Morgan fingerprint density at radius 3 is 2.94 bits per heavy atom. The largest absolute Gasteiger partial charge is 0.465 e. The monoisotopic (exact) mass is 315 g/mol. The van der Waals surface area contributed by atoms with Gasteiger partial charge in [-0.3, -0.25) is 0 Å². The molecule has 0 aliphatic carbocycles. The molecule has 0 spiro atoms. The molecule has 0 atom stereocenters. The lowest BCUT2D eigenvalue weighted by molar-refractivity contribution is 0.0606. The van der Waals surface area contributed by atoms with Gasteiger partial charge in [0.1, 0.15) is 15.7 Å². The first kappa shape index (κ1) is 12.2. The number of rotatable bonds is 2. The van der Waals surface area contributed by atoms with Gasteiger partial charge >= 0.3 is 5.97 Å². The van der Waals surface area contributed by atoms with Crippen molar-refractivity contribution in [3.8, 4) is 10.6 Å². The van der Waals surface area contributed by atoms with E-state index in [1.807, 2.05) is 0 Å². The van der Waals surface area contributed by atoms with Gasteiger partial charge < -0.3 is 4.74 Å². The van der Waals surface area contributed by atoms with Crippen molar-refractivity contribution < 1.29 is 13.9 Å². The highest BCUT2D eigenvalue weighted by Gasteiger charge is 2.12. The second-order valence-corrected chi connectivity index (χ2v) is 5.04. The molecule has 0 amide bonds. The number of nitrogens with zero attached hydrogens (tertiary/aromatic N) is 1. The molecule has 6 heteroatoms. The molecule has 1 heterocycles. The molecule has 1 aromatic heterocycles. The summed E-state index contributed by atoms with van der Waals surface area (Å²) in [5.74, 6) is -0.802. The molecule has 0 saturated heterocycles. The lowest BCUT2D eigenvalue weighted by Crippen LogP contribution is -1.96. The van der Waals surface area contributed by atoms with Gasteiger partial charge in [0.2, 0.25) is 0 Å². The van der Waals surface area contributed by atoms with Gasteiger partial charge in [-0.2, -0.15) is 0 Å². The normalized spacial score (nSPS) is 10.3. The van der Waals surface area contributed by atoms with E-state index < -0.39 is 5.97 Å². The number of ether oxygens (including phenoxy) is 1. The number of carbonyl (C=O) groups is 1. The third-order valence-electron chi connectivity index (χ3n) is 2.06. The maximum atomic E-state index is 13.3. The molecule has 2 aromatic rings. The molecule has 0 radical (unpaired) electrons. The van der Waals surface area contributed by atoms with Gasteiger partial charge in [-0.25, -0.2) is 14.2 Å². The number of halogens is 2. The van der Waals surface area contributed by atoms with Gasteiger partial charge in [-0.1, -0.05) is 6.07 Å². The molecule has 1 aromatic carbocycles. The summed E-state index contributed by atoms with van der Waals surface area (Å²) in [6.07, 6.45) is 1.42. The number of thiazole rings is 1. The zero-order chi connectivity index (χ0) is 12.4. The van der Waals surface area contributed by atoms with E-state index in [1.165, 1.54) is 30.7 Å². The average molecular weight is 316 g/mol. The van der Waals surface area contributed by atoms with Crippen LogP contribution in [0.15, 0.2) is 28.9 Å². The standard InChI is InChI=1S/C11H7BrFNO2S/c1-16-11(15)9-5-14-10(17-9)6-2-3-7(12)8(13)4-6/h2-5H,1H3. The van der Waals surface area contributed by atoms with Crippen LogP contribution >= 0.6 is 27.3 Å². The fourth-order valence-electron chi connectivity index (χ4n) is 1.23. The second kappa shape index (κ2) is 4.93. The molecule has 0 unspecified atom stereocenters. The molecular formula is C11H7BrFNO2S. The van der Waals surface area contributed by atoms with Crippen LogP contribution in [0.1, 0.15) is 9.67 Å². The summed E-state index contributed by atoms with van der Waals surface area (Å²) in [5.41, 5.74) is 0.630. The Bertz CT molecular complexity index is 570. The average Bonchev–Trinajstić information content (AvgIpc) is 2.81. The molecule has 0 bridgehead atoms. The summed E-state index contributed by atoms with van der Waals surface area (Å²) in [6, 6.07) is 4.70. The third-order valence-corrected chi connectivity index (χ3v) is 3.73. The van der Waals surface area contributed by atoms with Gasteiger partial charge in [0.05, 0.1) is 17.8 Å². The molecular weight excluding hydrogens is 309 g/mol. The Labute approximate surface area is 109 Å². The maximum Gasteiger partial charge on any atom is 0.349 e. The van der Waals surface area contributed by atoms with E-state index in [0.717, 1.165) is 0 Å².